The molecule has 0 aliphatic carbocycles. The summed E-state index contributed by atoms with van der Waals surface area (Å²) in [4.78, 5) is 12.1. The van der Waals surface area contributed by atoms with Crippen LogP contribution in [-0.4, -0.2) is 12.8 Å². The van der Waals surface area contributed by atoms with Gasteiger partial charge in [0.15, 0.2) is 5.75 Å². The van der Waals surface area contributed by atoms with Crippen LogP contribution >= 0.6 is 0 Å². The van der Waals surface area contributed by atoms with E-state index >= 15 is 0 Å². The molecule has 3 aromatic rings. The number of rotatable bonds is 4. The average molecular weight is 322 g/mol. The van der Waals surface area contributed by atoms with Crippen LogP contribution in [0.15, 0.2) is 42.5 Å². The summed E-state index contributed by atoms with van der Waals surface area (Å²) in [5, 5.41) is 4.16. The Kier molecular flexibility index (Phi) is 4.70. The largest absolute Gasteiger partial charge is 0.513 e. The molecule has 124 valence electrons. The molecular weight excluding hydrogens is 300 g/mol. The van der Waals surface area contributed by atoms with Crippen molar-refractivity contribution in [1.29, 1.82) is 0 Å². The zero-order valence-electron chi connectivity index (χ0n) is 14.4. The van der Waals surface area contributed by atoms with E-state index in [0.29, 0.717) is 12.4 Å². The summed E-state index contributed by atoms with van der Waals surface area (Å²) in [6.07, 6.45) is 1.09. The highest BCUT2D eigenvalue weighted by molar-refractivity contribution is 6.08. The van der Waals surface area contributed by atoms with Crippen LogP contribution in [0.3, 0.4) is 0 Å². The number of fused-ring (bicyclic) bond motifs is 2. The van der Waals surface area contributed by atoms with Crippen LogP contribution in [0, 0.1) is 0 Å². The Labute approximate surface area is 142 Å². The molecule has 24 heavy (non-hydrogen) atoms. The van der Waals surface area contributed by atoms with Crippen molar-refractivity contribution in [2.24, 2.45) is 0 Å². The van der Waals surface area contributed by atoms with Gasteiger partial charge in [-0.1, -0.05) is 50.2 Å². The van der Waals surface area contributed by atoms with Gasteiger partial charge in [0.25, 0.3) is 0 Å². The van der Waals surface area contributed by atoms with E-state index in [1.54, 1.807) is 6.92 Å². The van der Waals surface area contributed by atoms with Crippen LogP contribution in [0.1, 0.15) is 31.9 Å². The molecule has 0 aliphatic heterocycles. The molecule has 3 aromatic carbocycles. The molecule has 0 unspecified atom stereocenters. The van der Waals surface area contributed by atoms with E-state index in [9.17, 15) is 4.79 Å². The van der Waals surface area contributed by atoms with Crippen molar-refractivity contribution in [2.75, 3.05) is 6.61 Å². The molecule has 0 heterocycles. The van der Waals surface area contributed by atoms with Crippen molar-refractivity contribution < 1.29 is 14.3 Å². The predicted octanol–water partition coefficient (Wildman–Crippen LogP) is 5.65. The Hall–Kier alpha value is -2.55. The molecule has 0 fully saturated rings. The molecule has 0 atom stereocenters. The lowest BCUT2D eigenvalue weighted by atomic mass is 9.94. The third-order valence-corrected chi connectivity index (χ3v) is 4.34. The maximum atomic E-state index is 12.1. The monoisotopic (exact) mass is 322 g/mol. The molecule has 0 amide bonds. The molecule has 0 N–H and O–H groups in total. The number of carbonyl (C=O) groups is 1. The van der Waals surface area contributed by atoms with Gasteiger partial charge in [-0.2, -0.15) is 0 Å². The molecule has 0 spiro atoms. The van der Waals surface area contributed by atoms with Crippen LogP contribution < -0.4 is 4.74 Å². The van der Waals surface area contributed by atoms with E-state index in [1.165, 1.54) is 11.1 Å². The second-order valence-electron chi connectivity index (χ2n) is 5.73. The molecule has 0 saturated heterocycles. The summed E-state index contributed by atoms with van der Waals surface area (Å²) in [6.45, 7) is 6.29. The van der Waals surface area contributed by atoms with E-state index < -0.39 is 6.16 Å². The molecule has 0 aromatic heterocycles. The van der Waals surface area contributed by atoms with Gasteiger partial charge < -0.3 is 9.47 Å². The van der Waals surface area contributed by atoms with E-state index in [0.717, 1.165) is 34.4 Å². The minimum absolute atomic E-state index is 0.294. The lowest BCUT2D eigenvalue weighted by Crippen LogP contribution is -2.11. The van der Waals surface area contributed by atoms with Crippen molar-refractivity contribution in [3.8, 4) is 5.75 Å². The van der Waals surface area contributed by atoms with Gasteiger partial charge in [0.2, 0.25) is 0 Å². The Morgan fingerprint density at radius 3 is 1.88 bits per heavy atom. The number of benzene rings is 3. The van der Waals surface area contributed by atoms with Crippen molar-refractivity contribution in [3.63, 3.8) is 0 Å². The maximum Gasteiger partial charge on any atom is 0.513 e. The SMILES string of the molecule is CCOC(=O)Oc1c2c(CC)cccc2cc2cccc(CC)c12. The quantitative estimate of drug-likeness (QED) is 0.353. The van der Waals surface area contributed by atoms with E-state index in [2.05, 4.69) is 44.2 Å². The fraction of sp³-hybridized carbons (Fsp3) is 0.286. The van der Waals surface area contributed by atoms with Gasteiger partial charge in [-0.3, -0.25) is 0 Å². The van der Waals surface area contributed by atoms with Crippen molar-refractivity contribution in [3.05, 3.63) is 53.6 Å². The number of aryl methyl sites for hydroxylation is 2. The average Bonchev–Trinajstić information content (AvgIpc) is 2.60. The summed E-state index contributed by atoms with van der Waals surface area (Å²) >= 11 is 0. The Balaban J connectivity index is 2.40. The summed E-state index contributed by atoms with van der Waals surface area (Å²) in [6, 6.07) is 14.5. The van der Waals surface area contributed by atoms with Crippen LogP contribution in [0.25, 0.3) is 21.5 Å². The van der Waals surface area contributed by atoms with Crippen molar-refractivity contribution in [2.45, 2.75) is 33.6 Å². The standard InChI is InChI=1S/C21H22O3/c1-4-14-9-7-11-16-13-17-12-8-10-15(5-2)19(17)20(18(14)16)24-21(22)23-6-3/h7-13H,4-6H2,1-3H3. The van der Waals surface area contributed by atoms with Crippen LogP contribution in [0.4, 0.5) is 4.79 Å². The first-order valence-corrected chi connectivity index (χ1v) is 8.50. The number of ether oxygens (including phenoxy) is 2. The predicted molar refractivity (Wildman–Crippen MR) is 97.9 cm³/mol. The molecule has 3 rings (SSSR count). The van der Waals surface area contributed by atoms with Crippen molar-refractivity contribution in [1.82, 2.24) is 0 Å². The minimum Gasteiger partial charge on any atom is -0.434 e. The Morgan fingerprint density at radius 2 is 1.42 bits per heavy atom. The van der Waals surface area contributed by atoms with E-state index in [4.69, 9.17) is 9.47 Å². The molecule has 0 bridgehead atoms. The van der Waals surface area contributed by atoms with Crippen LogP contribution in [0.5, 0.6) is 5.75 Å². The van der Waals surface area contributed by atoms with E-state index in [1.807, 2.05) is 12.1 Å². The summed E-state index contributed by atoms with van der Waals surface area (Å²) in [5.41, 5.74) is 2.33. The summed E-state index contributed by atoms with van der Waals surface area (Å²) in [5.74, 6) is 0.621. The summed E-state index contributed by atoms with van der Waals surface area (Å²) < 4.78 is 10.7. The normalized spacial score (nSPS) is 11.0. The maximum absolute atomic E-state index is 12.1. The zero-order chi connectivity index (χ0) is 17.1. The molecular formula is C21H22O3. The third-order valence-electron chi connectivity index (χ3n) is 4.34. The highest BCUT2D eigenvalue weighted by Gasteiger charge is 2.17. The molecule has 3 heteroatoms. The third kappa shape index (κ3) is 2.82. The summed E-state index contributed by atoms with van der Waals surface area (Å²) in [7, 11) is 0. The lowest BCUT2D eigenvalue weighted by Gasteiger charge is -2.16. The molecule has 0 saturated carbocycles. The number of hydrogen-bond donors (Lipinski definition) is 0. The zero-order valence-corrected chi connectivity index (χ0v) is 14.4. The number of hydrogen-bond acceptors (Lipinski definition) is 3. The molecule has 0 radical (unpaired) electrons. The van der Waals surface area contributed by atoms with Gasteiger partial charge in [0.05, 0.1) is 6.61 Å². The van der Waals surface area contributed by atoms with Gasteiger partial charge in [-0.15, -0.1) is 0 Å². The van der Waals surface area contributed by atoms with Gasteiger partial charge in [-0.25, -0.2) is 4.79 Å². The first kappa shape index (κ1) is 16.3. The second kappa shape index (κ2) is 6.91. The topological polar surface area (TPSA) is 35.5 Å². The highest BCUT2D eigenvalue weighted by atomic mass is 16.7. The van der Waals surface area contributed by atoms with Crippen LogP contribution in [-0.2, 0) is 17.6 Å². The van der Waals surface area contributed by atoms with Gasteiger partial charge in [-0.05, 0) is 47.7 Å². The smallest absolute Gasteiger partial charge is 0.434 e. The van der Waals surface area contributed by atoms with Gasteiger partial charge in [0, 0.05) is 10.8 Å². The van der Waals surface area contributed by atoms with Gasteiger partial charge >= 0.3 is 6.16 Å². The Bertz CT molecular complexity index is 834. The number of carbonyl (C=O) groups excluding carboxylic acids is 1. The fourth-order valence-electron chi connectivity index (χ4n) is 3.25. The Morgan fingerprint density at radius 1 is 0.875 bits per heavy atom. The highest BCUT2D eigenvalue weighted by Crippen LogP contribution is 2.39. The lowest BCUT2D eigenvalue weighted by molar-refractivity contribution is 0.105. The minimum atomic E-state index is -0.650. The molecule has 3 nitrogen and oxygen atoms in total. The first-order valence-electron chi connectivity index (χ1n) is 8.50. The van der Waals surface area contributed by atoms with Gasteiger partial charge in [0.1, 0.15) is 0 Å². The van der Waals surface area contributed by atoms with Crippen LogP contribution in [0.2, 0.25) is 0 Å². The fourth-order valence-corrected chi connectivity index (χ4v) is 3.25. The molecule has 0 aliphatic rings. The first-order chi connectivity index (χ1) is 11.7. The van der Waals surface area contributed by atoms with E-state index in [-0.39, 0.29) is 0 Å². The second-order valence-corrected chi connectivity index (χ2v) is 5.73. The van der Waals surface area contributed by atoms with Crippen molar-refractivity contribution >= 4 is 27.7 Å².